The quantitative estimate of drug-likeness (QED) is 0.751. The van der Waals surface area contributed by atoms with Crippen molar-refractivity contribution in [1.82, 2.24) is 19.9 Å². The second-order valence-corrected chi connectivity index (χ2v) is 5.01. The minimum absolute atomic E-state index is 0.355. The number of imidazole rings is 1. The average Bonchev–Trinajstić information content (AvgIpc) is 2.97. The van der Waals surface area contributed by atoms with Crippen LogP contribution in [0.5, 0.6) is 11.5 Å². The van der Waals surface area contributed by atoms with E-state index in [1.54, 1.807) is 7.11 Å². The number of benzene rings is 1. The molecule has 0 radical (unpaired) electrons. The maximum absolute atomic E-state index is 5.77. The van der Waals surface area contributed by atoms with Crippen LogP contribution in [0.15, 0.2) is 36.2 Å². The molecule has 0 saturated heterocycles. The molecule has 23 heavy (non-hydrogen) atoms. The zero-order valence-electron chi connectivity index (χ0n) is 12.9. The molecular weight excluding hydrogens is 294 g/mol. The van der Waals surface area contributed by atoms with E-state index in [2.05, 4.69) is 19.9 Å². The van der Waals surface area contributed by atoms with Crippen molar-refractivity contribution in [2.45, 2.75) is 6.92 Å². The van der Waals surface area contributed by atoms with Crippen molar-refractivity contribution in [3.05, 3.63) is 42.0 Å². The number of fused-ring (bicyclic) bond motifs is 1. The summed E-state index contributed by atoms with van der Waals surface area (Å²) in [6.45, 7) is 2.37. The van der Waals surface area contributed by atoms with E-state index in [0.29, 0.717) is 40.9 Å². The van der Waals surface area contributed by atoms with E-state index < -0.39 is 0 Å². The van der Waals surface area contributed by atoms with E-state index in [1.807, 2.05) is 37.3 Å². The summed E-state index contributed by atoms with van der Waals surface area (Å²) >= 11 is 0. The Labute approximate surface area is 133 Å². The lowest BCUT2D eigenvalue weighted by Gasteiger charge is -2.10. The van der Waals surface area contributed by atoms with Gasteiger partial charge in [0.1, 0.15) is 18.8 Å². The first-order chi connectivity index (χ1) is 11.2. The highest BCUT2D eigenvalue weighted by molar-refractivity contribution is 5.82. The van der Waals surface area contributed by atoms with Crippen molar-refractivity contribution >= 4 is 23.1 Å². The van der Waals surface area contributed by atoms with E-state index >= 15 is 0 Å². The van der Waals surface area contributed by atoms with E-state index in [9.17, 15) is 0 Å². The molecule has 0 atom stereocenters. The Morgan fingerprint density at radius 3 is 2.78 bits per heavy atom. The van der Waals surface area contributed by atoms with Crippen molar-refractivity contribution in [3.63, 3.8) is 0 Å². The number of hydrogen-bond acceptors (Lipinski definition) is 6. The van der Waals surface area contributed by atoms with Crippen LogP contribution in [0.1, 0.15) is 12.7 Å². The first-order valence-corrected chi connectivity index (χ1v) is 7.06. The molecule has 1 aromatic carbocycles. The summed E-state index contributed by atoms with van der Waals surface area (Å²) in [7, 11) is 1.62. The Morgan fingerprint density at radius 2 is 2.04 bits per heavy atom. The number of ether oxygens (including phenoxy) is 2. The minimum atomic E-state index is 0.355. The monoisotopic (exact) mass is 311 g/mol. The molecule has 3 aromatic rings. The van der Waals surface area contributed by atoms with Gasteiger partial charge in [-0.05, 0) is 30.7 Å². The highest BCUT2D eigenvalue weighted by Gasteiger charge is 2.07. The zero-order valence-corrected chi connectivity index (χ0v) is 12.9. The van der Waals surface area contributed by atoms with Crippen molar-refractivity contribution < 1.29 is 9.47 Å². The molecular formula is C16H17N5O2. The number of nitrogens with one attached hydrogen (secondary N) is 1. The van der Waals surface area contributed by atoms with Crippen LogP contribution in [0.2, 0.25) is 0 Å². The summed E-state index contributed by atoms with van der Waals surface area (Å²) in [5, 5.41) is 0. The Hall–Kier alpha value is -3.09. The molecule has 0 amide bonds. The SMILES string of the molecule is COc1ccccc1OC/C(C)=C\c1nc2c(N)ncnc2[nH]1. The van der Waals surface area contributed by atoms with Crippen LogP contribution in [-0.4, -0.2) is 33.7 Å². The lowest BCUT2D eigenvalue weighted by Crippen LogP contribution is -2.00. The highest BCUT2D eigenvalue weighted by Crippen LogP contribution is 2.26. The van der Waals surface area contributed by atoms with E-state index in [4.69, 9.17) is 15.2 Å². The summed E-state index contributed by atoms with van der Waals surface area (Å²) in [6.07, 6.45) is 3.29. The lowest BCUT2D eigenvalue weighted by molar-refractivity contribution is 0.320. The summed E-state index contributed by atoms with van der Waals surface area (Å²) in [6, 6.07) is 7.52. The van der Waals surface area contributed by atoms with Gasteiger partial charge in [0.15, 0.2) is 28.5 Å². The number of H-pyrrole nitrogens is 1. The fourth-order valence-corrected chi connectivity index (χ4v) is 2.14. The molecule has 0 spiro atoms. The molecule has 0 bridgehead atoms. The highest BCUT2D eigenvalue weighted by atomic mass is 16.5. The van der Waals surface area contributed by atoms with Gasteiger partial charge in [0, 0.05) is 0 Å². The number of rotatable bonds is 5. The molecule has 2 aromatic heterocycles. The fourth-order valence-electron chi connectivity index (χ4n) is 2.14. The normalized spacial score (nSPS) is 11.7. The van der Waals surface area contributed by atoms with Crippen LogP contribution >= 0.6 is 0 Å². The summed E-state index contributed by atoms with van der Waals surface area (Å²) in [4.78, 5) is 15.5. The van der Waals surface area contributed by atoms with Crippen LogP contribution in [0, 0.1) is 0 Å². The van der Waals surface area contributed by atoms with Crippen molar-refractivity contribution in [3.8, 4) is 11.5 Å². The molecule has 3 N–H and O–H groups in total. The molecule has 0 saturated carbocycles. The molecule has 3 rings (SSSR count). The molecule has 0 unspecified atom stereocenters. The van der Waals surface area contributed by atoms with Crippen LogP contribution in [0.25, 0.3) is 17.2 Å². The summed E-state index contributed by atoms with van der Waals surface area (Å²) in [5.41, 5.74) is 7.94. The standard InChI is InChI=1S/C16H17N5O2/c1-10(8-23-12-6-4-3-5-11(12)22-2)7-13-20-14-15(17)18-9-19-16(14)21-13/h3-7,9H,8H2,1-2H3,(H3,17,18,19,20,21)/b10-7-. The smallest absolute Gasteiger partial charge is 0.163 e. The minimum Gasteiger partial charge on any atom is -0.493 e. The Balaban J connectivity index is 1.75. The maximum Gasteiger partial charge on any atom is 0.163 e. The van der Waals surface area contributed by atoms with Crippen molar-refractivity contribution in [2.75, 3.05) is 19.5 Å². The van der Waals surface area contributed by atoms with Gasteiger partial charge in [-0.2, -0.15) is 0 Å². The molecule has 7 nitrogen and oxygen atoms in total. The third-order valence-corrected chi connectivity index (χ3v) is 3.24. The second-order valence-electron chi connectivity index (χ2n) is 5.01. The van der Waals surface area contributed by atoms with Crippen LogP contribution in [0.3, 0.4) is 0 Å². The largest absolute Gasteiger partial charge is 0.493 e. The lowest BCUT2D eigenvalue weighted by atomic mass is 10.3. The number of nitrogens with two attached hydrogens (primary N) is 1. The molecule has 0 aliphatic carbocycles. The molecule has 0 fully saturated rings. The molecule has 7 heteroatoms. The second kappa shape index (κ2) is 6.35. The van der Waals surface area contributed by atoms with E-state index in [1.165, 1.54) is 6.33 Å². The Morgan fingerprint density at radius 1 is 1.26 bits per heavy atom. The van der Waals surface area contributed by atoms with Gasteiger partial charge in [0.2, 0.25) is 0 Å². The van der Waals surface area contributed by atoms with E-state index in [0.717, 1.165) is 5.57 Å². The number of nitrogens with zero attached hydrogens (tertiary/aromatic N) is 3. The van der Waals surface area contributed by atoms with Gasteiger partial charge in [0.25, 0.3) is 0 Å². The first kappa shape index (κ1) is 14.8. The number of hydrogen-bond donors (Lipinski definition) is 2. The predicted octanol–water partition coefficient (Wildman–Crippen LogP) is 2.43. The molecule has 2 heterocycles. The number of anilines is 1. The molecule has 118 valence electrons. The number of methoxy groups -OCH3 is 1. The number of nitrogen functional groups attached to an aromatic ring is 1. The van der Waals surface area contributed by atoms with Crippen molar-refractivity contribution in [2.24, 2.45) is 0 Å². The zero-order chi connectivity index (χ0) is 16.2. The molecule has 0 aliphatic heterocycles. The van der Waals surface area contributed by atoms with Crippen molar-refractivity contribution in [1.29, 1.82) is 0 Å². The average molecular weight is 311 g/mol. The molecule has 0 aliphatic rings. The number of aromatic nitrogens is 4. The summed E-state index contributed by atoms with van der Waals surface area (Å²) in [5.74, 6) is 2.41. The fraction of sp³-hybridized carbons (Fsp3) is 0.188. The topological polar surface area (TPSA) is 98.9 Å². The van der Waals surface area contributed by atoms with Gasteiger partial charge in [-0.3, -0.25) is 0 Å². The van der Waals surface area contributed by atoms with Gasteiger partial charge in [-0.1, -0.05) is 12.1 Å². The van der Waals surface area contributed by atoms with Gasteiger partial charge in [0.05, 0.1) is 7.11 Å². The van der Waals surface area contributed by atoms with Crippen LogP contribution in [0.4, 0.5) is 5.82 Å². The Bertz CT molecular complexity index is 857. The van der Waals surface area contributed by atoms with Gasteiger partial charge < -0.3 is 20.2 Å². The first-order valence-electron chi connectivity index (χ1n) is 7.06. The number of para-hydroxylation sites is 2. The predicted molar refractivity (Wildman–Crippen MR) is 88.2 cm³/mol. The number of aromatic amines is 1. The van der Waals surface area contributed by atoms with Crippen LogP contribution in [-0.2, 0) is 0 Å². The van der Waals surface area contributed by atoms with Gasteiger partial charge in [-0.15, -0.1) is 0 Å². The van der Waals surface area contributed by atoms with Crippen LogP contribution < -0.4 is 15.2 Å². The maximum atomic E-state index is 5.77. The third-order valence-electron chi connectivity index (χ3n) is 3.24. The summed E-state index contributed by atoms with van der Waals surface area (Å²) < 4.78 is 11.0. The van der Waals surface area contributed by atoms with Gasteiger partial charge in [-0.25, -0.2) is 15.0 Å². The van der Waals surface area contributed by atoms with E-state index in [-0.39, 0.29) is 0 Å². The van der Waals surface area contributed by atoms with Gasteiger partial charge >= 0.3 is 0 Å². The Kier molecular flexibility index (Phi) is 4.09. The third kappa shape index (κ3) is 3.23.